The van der Waals surface area contributed by atoms with Crippen LogP contribution in [-0.4, -0.2) is 30.7 Å². The van der Waals surface area contributed by atoms with Crippen LogP contribution >= 0.6 is 0 Å². The number of hydrogen-bond donors (Lipinski definition) is 1. The van der Waals surface area contributed by atoms with Gasteiger partial charge in [0.05, 0.1) is 6.10 Å². The van der Waals surface area contributed by atoms with Crippen molar-refractivity contribution < 1.29 is 9.13 Å². The van der Waals surface area contributed by atoms with Crippen LogP contribution < -0.4 is 5.73 Å². The van der Waals surface area contributed by atoms with Crippen molar-refractivity contribution in [3.63, 3.8) is 0 Å². The number of likely N-dealkylation sites (N-methyl/N-ethyl adjacent to an activating group) is 1. The maximum atomic E-state index is 13.7. The number of hydrogen-bond acceptors (Lipinski definition) is 3. The molecule has 2 rings (SSSR count). The molecule has 1 aromatic rings. The van der Waals surface area contributed by atoms with E-state index in [1.54, 1.807) is 12.1 Å². The van der Waals surface area contributed by atoms with Crippen LogP contribution in [0.2, 0.25) is 0 Å². The van der Waals surface area contributed by atoms with E-state index in [0.717, 1.165) is 32.5 Å². The van der Waals surface area contributed by atoms with Crippen LogP contribution in [0.4, 0.5) is 10.1 Å². The highest BCUT2D eigenvalue weighted by atomic mass is 19.1. The number of nitrogens with two attached hydrogens (primary N) is 1. The largest absolute Gasteiger partial charge is 0.398 e. The Kier molecular flexibility index (Phi) is 4.55. The van der Waals surface area contributed by atoms with Crippen molar-refractivity contribution >= 4 is 5.69 Å². The minimum absolute atomic E-state index is 0.221. The summed E-state index contributed by atoms with van der Waals surface area (Å²) in [6, 6.07) is 4.86. The molecule has 0 spiro atoms. The molecular formula is C14H21FN2O. The lowest BCUT2D eigenvalue weighted by Crippen LogP contribution is -2.32. The average molecular weight is 252 g/mol. The van der Waals surface area contributed by atoms with Crippen LogP contribution in [0.5, 0.6) is 0 Å². The van der Waals surface area contributed by atoms with Crippen molar-refractivity contribution in [3.8, 4) is 0 Å². The third-order valence-corrected chi connectivity index (χ3v) is 3.47. The van der Waals surface area contributed by atoms with Crippen LogP contribution in [-0.2, 0) is 11.3 Å². The van der Waals surface area contributed by atoms with Gasteiger partial charge in [0.1, 0.15) is 5.82 Å². The molecule has 0 saturated carbocycles. The Morgan fingerprint density at radius 2 is 2.33 bits per heavy atom. The summed E-state index contributed by atoms with van der Waals surface area (Å²) in [4.78, 5) is 2.19. The topological polar surface area (TPSA) is 38.5 Å². The Morgan fingerprint density at radius 1 is 1.50 bits per heavy atom. The first-order valence-electron chi connectivity index (χ1n) is 6.57. The Balaban J connectivity index is 2.00. The zero-order valence-corrected chi connectivity index (χ0v) is 10.9. The third kappa shape index (κ3) is 3.21. The van der Waals surface area contributed by atoms with Crippen molar-refractivity contribution in [3.05, 3.63) is 29.6 Å². The molecule has 4 heteroatoms. The SMILES string of the molecule is CCN(Cc1c(N)cccc1F)CC1CCCO1. The summed E-state index contributed by atoms with van der Waals surface area (Å²) in [6.07, 6.45) is 2.52. The second kappa shape index (κ2) is 6.16. The van der Waals surface area contributed by atoms with E-state index in [-0.39, 0.29) is 11.9 Å². The van der Waals surface area contributed by atoms with E-state index in [9.17, 15) is 4.39 Å². The summed E-state index contributed by atoms with van der Waals surface area (Å²) in [5.41, 5.74) is 6.96. The van der Waals surface area contributed by atoms with Gasteiger partial charge in [0.15, 0.2) is 0 Å². The van der Waals surface area contributed by atoms with Gasteiger partial charge in [0, 0.05) is 30.9 Å². The third-order valence-electron chi connectivity index (χ3n) is 3.47. The Hall–Kier alpha value is -1.13. The van der Waals surface area contributed by atoms with Gasteiger partial charge in [0.2, 0.25) is 0 Å². The minimum Gasteiger partial charge on any atom is -0.398 e. The number of benzene rings is 1. The standard InChI is InChI=1S/C14H21FN2O/c1-2-17(9-11-5-4-8-18-11)10-12-13(15)6-3-7-14(12)16/h3,6-7,11H,2,4-5,8-10,16H2,1H3. The number of anilines is 1. The monoisotopic (exact) mass is 252 g/mol. The van der Waals surface area contributed by atoms with Crippen LogP contribution in [0.15, 0.2) is 18.2 Å². The van der Waals surface area contributed by atoms with Crippen molar-refractivity contribution in [2.75, 3.05) is 25.4 Å². The molecule has 0 amide bonds. The molecule has 1 heterocycles. The summed E-state index contributed by atoms with van der Waals surface area (Å²) >= 11 is 0. The van der Waals surface area contributed by atoms with Gasteiger partial charge in [-0.2, -0.15) is 0 Å². The zero-order valence-electron chi connectivity index (χ0n) is 10.9. The maximum Gasteiger partial charge on any atom is 0.129 e. The molecular weight excluding hydrogens is 231 g/mol. The first kappa shape index (κ1) is 13.3. The van der Waals surface area contributed by atoms with Crippen LogP contribution in [0.3, 0.4) is 0 Å². The molecule has 0 aliphatic carbocycles. The number of ether oxygens (including phenoxy) is 1. The summed E-state index contributed by atoms with van der Waals surface area (Å²) in [5.74, 6) is -0.221. The number of halogens is 1. The molecule has 1 aromatic carbocycles. The quantitative estimate of drug-likeness (QED) is 0.818. The van der Waals surface area contributed by atoms with Crippen molar-refractivity contribution in [1.82, 2.24) is 4.90 Å². The van der Waals surface area contributed by atoms with E-state index in [4.69, 9.17) is 10.5 Å². The number of rotatable bonds is 5. The lowest BCUT2D eigenvalue weighted by molar-refractivity contribution is 0.0722. The van der Waals surface area contributed by atoms with Gasteiger partial charge in [-0.1, -0.05) is 13.0 Å². The smallest absolute Gasteiger partial charge is 0.129 e. The summed E-state index contributed by atoms with van der Waals surface area (Å²) in [7, 11) is 0. The number of nitrogen functional groups attached to an aromatic ring is 1. The Morgan fingerprint density at radius 3 is 2.94 bits per heavy atom. The van der Waals surface area contributed by atoms with Gasteiger partial charge >= 0.3 is 0 Å². The average Bonchev–Trinajstić information content (AvgIpc) is 2.85. The van der Waals surface area contributed by atoms with Gasteiger partial charge < -0.3 is 10.5 Å². The molecule has 18 heavy (non-hydrogen) atoms. The van der Waals surface area contributed by atoms with Gasteiger partial charge in [-0.25, -0.2) is 4.39 Å². The molecule has 1 saturated heterocycles. The Labute approximate surface area is 108 Å². The molecule has 1 unspecified atom stereocenters. The fourth-order valence-corrected chi connectivity index (χ4v) is 2.35. The van der Waals surface area contributed by atoms with Gasteiger partial charge in [0.25, 0.3) is 0 Å². The highest BCUT2D eigenvalue weighted by molar-refractivity contribution is 5.47. The first-order chi connectivity index (χ1) is 8.70. The van der Waals surface area contributed by atoms with Gasteiger partial charge in [-0.05, 0) is 31.5 Å². The summed E-state index contributed by atoms with van der Waals surface area (Å²) in [6.45, 7) is 5.20. The fraction of sp³-hybridized carbons (Fsp3) is 0.571. The van der Waals surface area contributed by atoms with Crippen molar-refractivity contribution in [1.29, 1.82) is 0 Å². The summed E-state index contributed by atoms with van der Waals surface area (Å²) < 4.78 is 19.3. The fourth-order valence-electron chi connectivity index (χ4n) is 2.35. The molecule has 1 atom stereocenters. The predicted molar refractivity (Wildman–Crippen MR) is 70.7 cm³/mol. The maximum absolute atomic E-state index is 13.7. The second-order valence-corrected chi connectivity index (χ2v) is 4.77. The van der Waals surface area contributed by atoms with E-state index in [1.165, 1.54) is 6.07 Å². The second-order valence-electron chi connectivity index (χ2n) is 4.77. The van der Waals surface area contributed by atoms with Crippen LogP contribution in [0, 0.1) is 5.82 Å². The Bertz CT molecular complexity index is 371. The minimum atomic E-state index is -0.221. The van der Waals surface area contributed by atoms with E-state index >= 15 is 0 Å². The zero-order chi connectivity index (χ0) is 13.0. The van der Waals surface area contributed by atoms with E-state index in [0.29, 0.717) is 17.8 Å². The molecule has 0 aromatic heterocycles. The molecule has 1 fully saturated rings. The van der Waals surface area contributed by atoms with Crippen LogP contribution in [0.25, 0.3) is 0 Å². The molecule has 2 N–H and O–H groups in total. The normalized spacial score (nSPS) is 19.6. The summed E-state index contributed by atoms with van der Waals surface area (Å²) in [5, 5.41) is 0. The van der Waals surface area contributed by atoms with Gasteiger partial charge in [-0.3, -0.25) is 4.90 Å². The highest BCUT2D eigenvalue weighted by Gasteiger charge is 2.19. The molecule has 0 radical (unpaired) electrons. The molecule has 100 valence electrons. The van der Waals surface area contributed by atoms with Crippen molar-refractivity contribution in [2.24, 2.45) is 0 Å². The van der Waals surface area contributed by atoms with E-state index in [1.807, 2.05) is 0 Å². The number of nitrogens with zero attached hydrogens (tertiary/aromatic N) is 1. The van der Waals surface area contributed by atoms with E-state index < -0.39 is 0 Å². The molecule has 1 aliphatic rings. The highest BCUT2D eigenvalue weighted by Crippen LogP contribution is 2.20. The molecule has 0 bridgehead atoms. The van der Waals surface area contributed by atoms with E-state index in [2.05, 4.69) is 11.8 Å². The molecule has 1 aliphatic heterocycles. The predicted octanol–water partition coefficient (Wildman–Crippen LogP) is 2.41. The lowest BCUT2D eigenvalue weighted by Gasteiger charge is -2.24. The molecule has 3 nitrogen and oxygen atoms in total. The lowest BCUT2D eigenvalue weighted by atomic mass is 10.1. The van der Waals surface area contributed by atoms with Crippen LogP contribution in [0.1, 0.15) is 25.3 Å². The first-order valence-corrected chi connectivity index (χ1v) is 6.57. The van der Waals surface area contributed by atoms with Gasteiger partial charge in [-0.15, -0.1) is 0 Å². The van der Waals surface area contributed by atoms with Crippen molar-refractivity contribution in [2.45, 2.75) is 32.4 Å².